The highest BCUT2D eigenvalue weighted by atomic mass is 32.2. The summed E-state index contributed by atoms with van der Waals surface area (Å²) in [6.07, 6.45) is 1.87. The molecule has 0 saturated heterocycles. The van der Waals surface area contributed by atoms with Gasteiger partial charge in [-0.05, 0) is 6.07 Å². The molecule has 9 heteroatoms. The lowest BCUT2D eigenvalue weighted by Crippen LogP contribution is -2.22. The first-order valence-electron chi connectivity index (χ1n) is 7.83. The van der Waals surface area contributed by atoms with Crippen molar-refractivity contribution < 1.29 is 9.21 Å². The van der Waals surface area contributed by atoms with Crippen molar-refractivity contribution >= 4 is 45.0 Å². The zero-order valence-electron chi connectivity index (χ0n) is 14.1. The van der Waals surface area contributed by atoms with E-state index < -0.39 is 0 Å². The molecular weight excluding hydrogens is 370 g/mol. The predicted octanol–water partition coefficient (Wildman–Crippen LogP) is 3.95. The molecule has 3 heterocycles. The van der Waals surface area contributed by atoms with E-state index in [0.29, 0.717) is 22.0 Å². The van der Waals surface area contributed by atoms with Crippen LogP contribution in [0.1, 0.15) is 12.6 Å². The maximum Gasteiger partial charge on any atom is 0.277 e. The Kier molecular flexibility index (Phi) is 4.48. The Hall–Kier alpha value is -2.65. The van der Waals surface area contributed by atoms with Gasteiger partial charge in [0.25, 0.3) is 11.1 Å². The standard InChI is InChI=1S/C17H15N5O2S2/c1-10(23)22(2)16-19-11(8-25-16)9-26-17-21-20-15(24-17)13-7-18-14-6-4-3-5-12(13)14/h3-8,18H,9H2,1-2H3. The lowest BCUT2D eigenvalue weighted by molar-refractivity contribution is -0.116. The van der Waals surface area contributed by atoms with E-state index in [9.17, 15) is 4.79 Å². The van der Waals surface area contributed by atoms with Crippen LogP contribution in [0, 0.1) is 0 Å². The van der Waals surface area contributed by atoms with Crippen LogP contribution in [0.25, 0.3) is 22.4 Å². The quantitative estimate of drug-likeness (QED) is 0.523. The number of aromatic amines is 1. The minimum atomic E-state index is -0.0428. The maximum absolute atomic E-state index is 11.4. The fraction of sp³-hybridized carbons (Fsp3) is 0.176. The minimum Gasteiger partial charge on any atom is -0.411 e. The van der Waals surface area contributed by atoms with Gasteiger partial charge < -0.3 is 9.40 Å². The first-order chi connectivity index (χ1) is 12.6. The van der Waals surface area contributed by atoms with Crippen LogP contribution in [-0.2, 0) is 10.5 Å². The molecule has 4 aromatic rings. The van der Waals surface area contributed by atoms with Gasteiger partial charge in [0.1, 0.15) is 0 Å². The molecule has 0 aliphatic rings. The second kappa shape index (κ2) is 6.93. The van der Waals surface area contributed by atoms with Crippen LogP contribution >= 0.6 is 23.1 Å². The van der Waals surface area contributed by atoms with E-state index in [1.807, 2.05) is 35.8 Å². The molecule has 0 radical (unpaired) electrons. The van der Waals surface area contributed by atoms with Crippen molar-refractivity contribution in [1.29, 1.82) is 0 Å². The lowest BCUT2D eigenvalue weighted by atomic mass is 10.2. The number of hydrogen-bond donors (Lipinski definition) is 1. The normalized spacial score (nSPS) is 11.2. The Morgan fingerprint density at radius 1 is 1.35 bits per heavy atom. The highest BCUT2D eigenvalue weighted by molar-refractivity contribution is 7.98. The number of nitrogens with zero attached hydrogens (tertiary/aromatic N) is 4. The number of benzene rings is 1. The topological polar surface area (TPSA) is 87.9 Å². The van der Waals surface area contributed by atoms with Crippen molar-refractivity contribution in [2.45, 2.75) is 17.9 Å². The van der Waals surface area contributed by atoms with E-state index in [0.717, 1.165) is 22.2 Å². The molecule has 4 rings (SSSR count). The summed E-state index contributed by atoms with van der Waals surface area (Å²) in [5.41, 5.74) is 2.79. The molecule has 1 N–H and O–H groups in total. The number of carbonyl (C=O) groups is 1. The number of thiazole rings is 1. The highest BCUT2D eigenvalue weighted by Crippen LogP contribution is 2.31. The average molecular weight is 385 g/mol. The average Bonchev–Trinajstić information content (AvgIpc) is 3.37. The number of nitrogens with one attached hydrogen (secondary N) is 1. The number of thioether (sulfide) groups is 1. The molecule has 7 nitrogen and oxygen atoms in total. The zero-order valence-corrected chi connectivity index (χ0v) is 15.7. The van der Waals surface area contributed by atoms with Crippen LogP contribution in [0.2, 0.25) is 0 Å². The summed E-state index contributed by atoms with van der Waals surface area (Å²) >= 11 is 2.86. The number of H-pyrrole nitrogens is 1. The SMILES string of the molecule is CC(=O)N(C)c1nc(CSc2nnc(-c3c[nH]c4ccccc34)o2)cs1. The van der Waals surface area contributed by atoms with Gasteiger partial charge in [0.2, 0.25) is 5.91 Å². The summed E-state index contributed by atoms with van der Waals surface area (Å²) in [5, 5.41) is 12.4. The summed E-state index contributed by atoms with van der Waals surface area (Å²) < 4.78 is 5.78. The third-order valence-corrected chi connectivity index (χ3v) is 5.69. The number of hydrogen-bond acceptors (Lipinski definition) is 7. The number of rotatable bonds is 5. The maximum atomic E-state index is 11.4. The van der Waals surface area contributed by atoms with E-state index in [2.05, 4.69) is 20.2 Å². The Morgan fingerprint density at radius 2 is 2.19 bits per heavy atom. The van der Waals surface area contributed by atoms with Gasteiger partial charge in [-0.25, -0.2) is 4.98 Å². The van der Waals surface area contributed by atoms with Gasteiger partial charge in [0, 0.05) is 42.2 Å². The van der Waals surface area contributed by atoms with Gasteiger partial charge >= 0.3 is 0 Å². The molecule has 1 aromatic carbocycles. The molecule has 132 valence electrons. The molecule has 0 unspecified atom stereocenters. The monoisotopic (exact) mass is 385 g/mol. The molecule has 0 aliphatic heterocycles. The highest BCUT2D eigenvalue weighted by Gasteiger charge is 2.15. The van der Waals surface area contributed by atoms with Gasteiger partial charge in [0.15, 0.2) is 5.13 Å². The molecule has 0 spiro atoms. The van der Waals surface area contributed by atoms with E-state index in [1.165, 1.54) is 34.9 Å². The van der Waals surface area contributed by atoms with Gasteiger partial charge in [-0.3, -0.25) is 9.69 Å². The Morgan fingerprint density at radius 3 is 3.04 bits per heavy atom. The molecule has 3 aromatic heterocycles. The van der Waals surface area contributed by atoms with Crippen molar-refractivity contribution in [3.8, 4) is 11.5 Å². The first-order valence-corrected chi connectivity index (χ1v) is 9.70. The molecule has 0 fully saturated rings. The Balaban J connectivity index is 1.47. The van der Waals surface area contributed by atoms with E-state index >= 15 is 0 Å². The number of carbonyl (C=O) groups excluding carboxylic acids is 1. The lowest BCUT2D eigenvalue weighted by Gasteiger charge is -2.09. The summed E-state index contributed by atoms with van der Waals surface area (Å²) in [6.45, 7) is 1.51. The number of para-hydroxylation sites is 1. The third-order valence-electron chi connectivity index (χ3n) is 3.87. The second-order valence-corrected chi connectivity index (χ2v) is 7.37. The fourth-order valence-electron chi connectivity index (χ4n) is 2.41. The van der Waals surface area contributed by atoms with Crippen molar-refractivity contribution in [3.63, 3.8) is 0 Å². The molecule has 0 atom stereocenters. The summed E-state index contributed by atoms with van der Waals surface area (Å²) in [7, 11) is 1.71. The molecule has 26 heavy (non-hydrogen) atoms. The molecule has 0 bridgehead atoms. The summed E-state index contributed by atoms with van der Waals surface area (Å²) in [4.78, 5) is 20.6. The minimum absolute atomic E-state index is 0.0428. The third kappa shape index (κ3) is 3.23. The molecular formula is C17H15N5O2S2. The number of anilines is 1. The van der Waals surface area contributed by atoms with Crippen molar-refractivity contribution in [3.05, 3.63) is 41.5 Å². The largest absolute Gasteiger partial charge is 0.411 e. The van der Waals surface area contributed by atoms with Crippen LogP contribution in [0.4, 0.5) is 5.13 Å². The van der Waals surface area contributed by atoms with E-state index in [-0.39, 0.29) is 5.91 Å². The van der Waals surface area contributed by atoms with Crippen LogP contribution in [0.15, 0.2) is 45.5 Å². The van der Waals surface area contributed by atoms with Gasteiger partial charge in [0.05, 0.1) is 11.3 Å². The second-order valence-electron chi connectivity index (χ2n) is 5.61. The molecule has 1 amide bonds. The Labute approximate surface area is 157 Å². The predicted molar refractivity (Wildman–Crippen MR) is 102 cm³/mol. The van der Waals surface area contributed by atoms with E-state index in [1.54, 1.807) is 7.05 Å². The van der Waals surface area contributed by atoms with Crippen molar-refractivity contribution in [2.75, 3.05) is 11.9 Å². The zero-order chi connectivity index (χ0) is 18.1. The Bertz CT molecular complexity index is 1070. The summed E-state index contributed by atoms with van der Waals surface area (Å²) in [5.74, 6) is 1.04. The van der Waals surface area contributed by atoms with Crippen LogP contribution in [0.3, 0.4) is 0 Å². The van der Waals surface area contributed by atoms with Gasteiger partial charge in [-0.1, -0.05) is 30.0 Å². The number of amides is 1. The van der Waals surface area contributed by atoms with Crippen LogP contribution in [-0.4, -0.2) is 33.1 Å². The smallest absolute Gasteiger partial charge is 0.277 e. The van der Waals surface area contributed by atoms with Crippen molar-refractivity contribution in [2.24, 2.45) is 0 Å². The van der Waals surface area contributed by atoms with Crippen LogP contribution in [0.5, 0.6) is 0 Å². The number of aromatic nitrogens is 4. The van der Waals surface area contributed by atoms with Gasteiger partial charge in [-0.15, -0.1) is 21.5 Å². The first kappa shape index (κ1) is 16.8. The molecule has 0 aliphatic carbocycles. The summed E-state index contributed by atoms with van der Waals surface area (Å²) in [6, 6.07) is 7.97. The fourth-order valence-corrected chi connectivity index (χ4v) is 4.01. The van der Waals surface area contributed by atoms with Crippen LogP contribution < -0.4 is 4.90 Å². The van der Waals surface area contributed by atoms with E-state index in [4.69, 9.17) is 4.42 Å². The van der Waals surface area contributed by atoms with Gasteiger partial charge in [-0.2, -0.15) is 0 Å². The number of fused-ring (bicyclic) bond motifs is 1. The van der Waals surface area contributed by atoms with Crippen molar-refractivity contribution in [1.82, 2.24) is 20.2 Å². The molecule has 0 saturated carbocycles.